The van der Waals surface area contributed by atoms with Gasteiger partial charge >= 0.3 is 6.01 Å². The summed E-state index contributed by atoms with van der Waals surface area (Å²) in [7, 11) is -3.61. The molecule has 1 aliphatic heterocycles. The average molecular weight is 444 g/mol. The molecule has 8 nitrogen and oxygen atoms in total. The predicted octanol–water partition coefficient (Wildman–Crippen LogP) is 3.69. The lowest BCUT2D eigenvalue weighted by Crippen LogP contribution is -2.41. The van der Waals surface area contributed by atoms with E-state index in [-0.39, 0.29) is 28.4 Å². The van der Waals surface area contributed by atoms with Crippen molar-refractivity contribution in [2.24, 2.45) is 0 Å². The van der Waals surface area contributed by atoms with Crippen molar-refractivity contribution in [1.29, 1.82) is 0 Å². The Kier molecular flexibility index (Phi) is 5.84. The van der Waals surface area contributed by atoms with Crippen LogP contribution in [0.2, 0.25) is 0 Å². The summed E-state index contributed by atoms with van der Waals surface area (Å²) in [4.78, 5) is 12.6. The molecule has 1 N–H and O–H groups in total. The highest BCUT2D eigenvalue weighted by molar-refractivity contribution is 7.89. The number of nitrogens with zero attached hydrogens (tertiary/aromatic N) is 3. The molecule has 1 amide bonds. The molecule has 0 spiro atoms. The second kappa shape index (κ2) is 8.56. The first-order valence-electron chi connectivity index (χ1n) is 9.87. The van der Waals surface area contributed by atoms with E-state index in [1.54, 1.807) is 0 Å². The Hall–Kier alpha value is -3.11. The molecule has 2 aromatic carbocycles. The number of piperidine rings is 1. The first kappa shape index (κ1) is 21.1. The first-order chi connectivity index (χ1) is 14.8. The van der Waals surface area contributed by atoms with Gasteiger partial charge in [-0.05, 0) is 68.3 Å². The van der Waals surface area contributed by atoms with E-state index in [2.05, 4.69) is 15.5 Å². The van der Waals surface area contributed by atoms with Crippen LogP contribution in [0.15, 0.2) is 57.8 Å². The third-order valence-corrected chi connectivity index (χ3v) is 7.23. The van der Waals surface area contributed by atoms with Gasteiger partial charge in [-0.3, -0.25) is 10.1 Å². The molecule has 1 fully saturated rings. The number of carbonyl (C=O) groups is 1. The topological polar surface area (TPSA) is 105 Å². The molecule has 2 heterocycles. The van der Waals surface area contributed by atoms with Crippen molar-refractivity contribution in [2.45, 2.75) is 37.1 Å². The number of amides is 1. The molecule has 4 rings (SSSR count). The van der Waals surface area contributed by atoms with E-state index < -0.39 is 21.7 Å². The summed E-state index contributed by atoms with van der Waals surface area (Å²) in [5.41, 5.74) is 0.753. The van der Waals surface area contributed by atoms with Gasteiger partial charge in [0.2, 0.25) is 15.9 Å². The molecular weight excluding hydrogens is 423 g/mol. The fraction of sp³-hybridized carbons (Fsp3) is 0.286. The lowest BCUT2D eigenvalue weighted by Gasteiger charge is -2.32. The molecule has 3 aromatic rings. The maximum absolute atomic E-state index is 13.0. The van der Waals surface area contributed by atoms with Crippen LogP contribution >= 0.6 is 0 Å². The fourth-order valence-corrected chi connectivity index (χ4v) is 5.19. The highest BCUT2D eigenvalue weighted by atomic mass is 32.2. The molecule has 0 aliphatic carbocycles. The first-order valence-corrected chi connectivity index (χ1v) is 11.3. The zero-order valence-electron chi connectivity index (χ0n) is 16.8. The Morgan fingerprint density at radius 1 is 1.10 bits per heavy atom. The van der Waals surface area contributed by atoms with Gasteiger partial charge in [-0.2, -0.15) is 4.31 Å². The number of carbonyl (C=O) groups excluding carboxylic acids is 1. The summed E-state index contributed by atoms with van der Waals surface area (Å²) in [5, 5.41) is 10.1. The van der Waals surface area contributed by atoms with E-state index >= 15 is 0 Å². The maximum Gasteiger partial charge on any atom is 0.322 e. The Morgan fingerprint density at radius 2 is 1.81 bits per heavy atom. The van der Waals surface area contributed by atoms with Gasteiger partial charge in [0, 0.05) is 23.7 Å². The number of benzene rings is 2. The van der Waals surface area contributed by atoms with Crippen LogP contribution in [0.25, 0.3) is 11.5 Å². The maximum atomic E-state index is 13.0. The van der Waals surface area contributed by atoms with E-state index in [4.69, 9.17) is 4.42 Å². The lowest BCUT2D eigenvalue weighted by atomic mass is 10.1. The molecule has 1 unspecified atom stereocenters. The smallest absolute Gasteiger partial charge is 0.322 e. The molecule has 162 valence electrons. The number of anilines is 1. The highest BCUT2D eigenvalue weighted by Crippen LogP contribution is 2.25. The molecule has 31 heavy (non-hydrogen) atoms. The minimum atomic E-state index is -3.61. The third-order valence-electron chi connectivity index (χ3n) is 5.20. The number of halogens is 1. The van der Waals surface area contributed by atoms with Crippen LogP contribution in [0.4, 0.5) is 10.4 Å². The van der Waals surface area contributed by atoms with Gasteiger partial charge in [0.1, 0.15) is 5.82 Å². The van der Waals surface area contributed by atoms with Gasteiger partial charge in [0.05, 0.1) is 4.90 Å². The summed E-state index contributed by atoms with van der Waals surface area (Å²) in [5.74, 6) is -0.783. The normalized spacial score (nSPS) is 17.4. The van der Waals surface area contributed by atoms with Crippen molar-refractivity contribution in [3.8, 4) is 11.5 Å². The van der Waals surface area contributed by atoms with Crippen LogP contribution in [-0.4, -0.2) is 41.4 Å². The summed E-state index contributed by atoms with van der Waals surface area (Å²) in [6, 6.07) is 11.0. The fourth-order valence-electron chi connectivity index (χ4n) is 3.49. The van der Waals surface area contributed by atoms with Crippen LogP contribution in [0.5, 0.6) is 0 Å². The number of nitrogens with one attached hydrogen (secondary N) is 1. The van der Waals surface area contributed by atoms with Crippen molar-refractivity contribution in [3.05, 3.63) is 59.9 Å². The standard InChI is InChI=1S/C21H21FN4O4S/c1-14-4-2-3-13-26(14)31(28,29)18-11-7-15(8-12-18)19(27)23-21-25-24-20(30-21)16-5-9-17(22)10-6-16/h5-12,14H,2-4,13H2,1H3,(H,23,25,27). The quantitative estimate of drug-likeness (QED) is 0.643. The molecule has 0 saturated carbocycles. The molecule has 0 radical (unpaired) electrons. The Bertz CT molecular complexity index is 1180. The number of hydrogen-bond donors (Lipinski definition) is 1. The van der Waals surface area contributed by atoms with Gasteiger partial charge in [0.25, 0.3) is 5.91 Å². The second-order valence-corrected chi connectivity index (χ2v) is 9.25. The van der Waals surface area contributed by atoms with Crippen LogP contribution in [0.3, 0.4) is 0 Å². The number of sulfonamides is 1. The van der Waals surface area contributed by atoms with Crippen molar-refractivity contribution >= 4 is 21.9 Å². The van der Waals surface area contributed by atoms with Gasteiger partial charge in [-0.1, -0.05) is 11.5 Å². The molecule has 1 saturated heterocycles. The minimum absolute atomic E-state index is 0.0467. The monoisotopic (exact) mass is 444 g/mol. The SMILES string of the molecule is CC1CCCCN1S(=O)(=O)c1ccc(C(=O)Nc2nnc(-c3ccc(F)cc3)o2)cc1. The summed E-state index contributed by atoms with van der Waals surface area (Å²) in [6.45, 7) is 2.41. The van der Waals surface area contributed by atoms with E-state index in [1.165, 1.54) is 52.8 Å². The number of hydrogen-bond acceptors (Lipinski definition) is 6. The summed E-state index contributed by atoms with van der Waals surface area (Å²) in [6.07, 6.45) is 2.70. The number of aromatic nitrogens is 2. The van der Waals surface area contributed by atoms with Crippen LogP contribution in [0.1, 0.15) is 36.5 Å². The molecule has 0 bridgehead atoms. The predicted molar refractivity (Wildman–Crippen MR) is 111 cm³/mol. The Balaban J connectivity index is 1.46. The summed E-state index contributed by atoms with van der Waals surface area (Å²) < 4.78 is 45.7. The van der Waals surface area contributed by atoms with Crippen molar-refractivity contribution in [1.82, 2.24) is 14.5 Å². The van der Waals surface area contributed by atoms with Crippen LogP contribution in [-0.2, 0) is 10.0 Å². The van der Waals surface area contributed by atoms with Gasteiger partial charge < -0.3 is 4.42 Å². The molecule has 1 atom stereocenters. The van der Waals surface area contributed by atoms with E-state index in [0.717, 1.165) is 19.3 Å². The second-order valence-electron chi connectivity index (χ2n) is 7.36. The lowest BCUT2D eigenvalue weighted by molar-refractivity contribution is 0.102. The summed E-state index contributed by atoms with van der Waals surface area (Å²) >= 11 is 0. The van der Waals surface area contributed by atoms with Gasteiger partial charge in [0.15, 0.2) is 0 Å². The van der Waals surface area contributed by atoms with E-state index in [0.29, 0.717) is 12.1 Å². The zero-order chi connectivity index (χ0) is 22.0. The van der Waals surface area contributed by atoms with Gasteiger partial charge in [-0.25, -0.2) is 12.8 Å². The van der Waals surface area contributed by atoms with E-state index in [9.17, 15) is 17.6 Å². The third kappa shape index (κ3) is 4.49. The average Bonchev–Trinajstić information content (AvgIpc) is 3.23. The van der Waals surface area contributed by atoms with Crippen molar-refractivity contribution in [2.75, 3.05) is 11.9 Å². The zero-order valence-corrected chi connectivity index (χ0v) is 17.6. The molecule has 10 heteroatoms. The minimum Gasteiger partial charge on any atom is -0.403 e. The molecular formula is C21H21FN4O4S. The van der Waals surface area contributed by atoms with Crippen LogP contribution < -0.4 is 5.32 Å². The largest absolute Gasteiger partial charge is 0.403 e. The van der Waals surface area contributed by atoms with Crippen molar-refractivity contribution < 1.29 is 22.0 Å². The van der Waals surface area contributed by atoms with Gasteiger partial charge in [-0.15, -0.1) is 5.10 Å². The van der Waals surface area contributed by atoms with Crippen LogP contribution in [0, 0.1) is 5.82 Å². The highest BCUT2D eigenvalue weighted by Gasteiger charge is 2.31. The molecule has 1 aromatic heterocycles. The Labute approximate surface area is 179 Å². The van der Waals surface area contributed by atoms with E-state index in [1.807, 2.05) is 6.92 Å². The van der Waals surface area contributed by atoms with Crippen molar-refractivity contribution in [3.63, 3.8) is 0 Å². The Morgan fingerprint density at radius 3 is 2.48 bits per heavy atom. The molecule has 1 aliphatic rings. The number of rotatable bonds is 5.